The van der Waals surface area contributed by atoms with Gasteiger partial charge in [0.05, 0.1) is 13.2 Å². The molecule has 0 amide bonds. The zero-order valence-electron chi connectivity index (χ0n) is 8.04. The van der Waals surface area contributed by atoms with Gasteiger partial charge in [0.25, 0.3) is 0 Å². The smallest absolute Gasteiger partial charge is 0.335 e. The van der Waals surface area contributed by atoms with Crippen LogP contribution in [-0.2, 0) is 19.0 Å². The molecule has 0 aromatic rings. The lowest BCUT2D eigenvalue weighted by Gasteiger charge is -2.34. The highest BCUT2D eigenvalue weighted by atomic mass is 16.7. The Morgan fingerprint density at radius 2 is 2.07 bits per heavy atom. The Morgan fingerprint density at radius 1 is 1.43 bits per heavy atom. The van der Waals surface area contributed by atoms with Gasteiger partial charge < -0.3 is 24.4 Å². The Labute approximate surface area is 81.4 Å². The Morgan fingerprint density at radius 3 is 2.57 bits per heavy atom. The lowest BCUT2D eigenvalue weighted by Crippen LogP contribution is -2.51. The molecule has 2 N–H and O–H groups in total. The Hall–Kier alpha value is -0.690. The van der Waals surface area contributed by atoms with E-state index in [-0.39, 0.29) is 6.42 Å². The van der Waals surface area contributed by atoms with Crippen LogP contribution in [0.15, 0.2) is 0 Å². The Bertz CT molecular complexity index is 206. The third-order valence-corrected chi connectivity index (χ3v) is 2.12. The molecule has 0 saturated carbocycles. The van der Waals surface area contributed by atoms with Gasteiger partial charge in [-0.05, 0) is 0 Å². The van der Waals surface area contributed by atoms with Gasteiger partial charge in [-0.2, -0.15) is 0 Å². The Balaban J connectivity index is 2.62. The number of hydrogen-bond acceptors (Lipinski definition) is 6. The molecule has 82 valence electrons. The van der Waals surface area contributed by atoms with Gasteiger partial charge in [-0.3, -0.25) is 0 Å². The SMILES string of the molecule is COC(=O)C1C[C@@H](O)C(O)[C@H](OC)O1. The molecule has 1 fully saturated rings. The highest BCUT2D eigenvalue weighted by Gasteiger charge is 2.40. The maximum atomic E-state index is 11.1. The van der Waals surface area contributed by atoms with E-state index in [1.807, 2.05) is 0 Å². The first-order chi connectivity index (χ1) is 6.60. The van der Waals surface area contributed by atoms with Crippen LogP contribution in [0.1, 0.15) is 6.42 Å². The monoisotopic (exact) mass is 206 g/mol. The number of hydrogen-bond donors (Lipinski definition) is 2. The van der Waals surface area contributed by atoms with Crippen LogP contribution in [0.2, 0.25) is 0 Å². The molecule has 2 unspecified atom stereocenters. The van der Waals surface area contributed by atoms with Crippen molar-refractivity contribution in [3.63, 3.8) is 0 Å². The number of aliphatic hydroxyl groups excluding tert-OH is 2. The van der Waals surface area contributed by atoms with Crippen molar-refractivity contribution in [3.8, 4) is 0 Å². The molecule has 1 heterocycles. The van der Waals surface area contributed by atoms with Gasteiger partial charge in [-0.1, -0.05) is 0 Å². The van der Waals surface area contributed by atoms with Gasteiger partial charge in [0.1, 0.15) is 6.10 Å². The molecule has 6 nitrogen and oxygen atoms in total. The standard InChI is InChI=1S/C8H14O6/c1-12-7(11)5-3-4(9)6(10)8(13-2)14-5/h4-6,8-10H,3H2,1-2H3/t4-,5?,6?,8-/m1/s1. The van der Waals surface area contributed by atoms with Gasteiger partial charge in [0, 0.05) is 13.5 Å². The molecule has 14 heavy (non-hydrogen) atoms. The van der Waals surface area contributed by atoms with E-state index in [1.54, 1.807) is 0 Å². The predicted octanol–water partition coefficient (Wildman–Crippen LogP) is -1.36. The molecule has 0 aromatic carbocycles. The molecule has 4 atom stereocenters. The summed E-state index contributed by atoms with van der Waals surface area (Å²) in [6.07, 6.45) is -4.06. The van der Waals surface area contributed by atoms with E-state index >= 15 is 0 Å². The predicted molar refractivity (Wildman–Crippen MR) is 44.3 cm³/mol. The second-order valence-corrected chi connectivity index (χ2v) is 3.05. The largest absolute Gasteiger partial charge is 0.467 e. The zero-order chi connectivity index (χ0) is 10.7. The first-order valence-electron chi connectivity index (χ1n) is 4.22. The van der Waals surface area contributed by atoms with Crippen LogP contribution >= 0.6 is 0 Å². The van der Waals surface area contributed by atoms with Crippen molar-refractivity contribution in [1.82, 2.24) is 0 Å². The molecular formula is C8H14O6. The summed E-state index contributed by atoms with van der Waals surface area (Å²) in [6, 6.07) is 0. The fraction of sp³-hybridized carbons (Fsp3) is 0.875. The zero-order valence-corrected chi connectivity index (χ0v) is 8.04. The second-order valence-electron chi connectivity index (χ2n) is 3.05. The van der Waals surface area contributed by atoms with Crippen molar-refractivity contribution in [3.05, 3.63) is 0 Å². The molecular weight excluding hydrogens is 192 g/mol. The van der Waals surface area contributed by atoms with Crippen molar-refractivity contribution in [2.24, 2.45) is 0 Å². The number of carbonyl (C=O) groups excluding carboxylic acids is 1. The average molecular weight is 206 g/mol. The van der Waals surface area contributed by atoms with E-state index in [1.165, 1.54) is 14.2 Å². The maximum absolute atomic E-state index is 11.1. The van der Waals surface area contributed by atoms with E-state index in [2.05, 4.69) is 4.74 Å². The summed E-state index contributed by atoms with van der Waals surface area (Å²) in [5.41, 5.74) is 0. The van der Waals surface area contributed by atoms with E-state index in [9.17, 15) is 15.0 Å². The number of methoxy groups -OCH3 is 2. The fourth-order valence-corrected chi connectivity index (χ4v) is 1.32. The molecule has 0 bridgehead atoms. The molecule has 1 aliphatic heterocycles. The van der Waals surface area contributed by atoms with Gasteiger partial charge in [-0.25, -0.2) is 4.79 Å². The molecule has 1 rings (SSSR count). The van der Waals surface area contributed by atoms with Gasteiger partial charge in [-0.15, -0.1) is 0 Å². The summed E-state index contributed by atoms with van der Waals surface area (Å²) in [5, 5.41) is 18.7. The summed E-state index contributed by atoms with van der Waals surface area (Å²) in [6.45, 7) is 0. The van der Waals surface area contributed by atoms with Crippen LogP contribution in [0.3, 0.4) is 0 Å². The third kappa shape index (κ3) is 2.21. The summed E-state index contributed by atoms with van der Waals surface area (Å²) in [5.74, 6) is -0.585. The van der Waals surface area contributed by atoms with Crippen LogP contribution in [0.5, 0.6) is 0 Å². The number of ether oxygens (including phenoxy) is 3. The van der Waals surface area contributed by atoms with Gasteiger partial charge in [0.15, 0.2) is 12.4 Å². The van der Waals surface area contributed by atoms with Gasteiger partial charge in [0.2, 0.25) is 0 Å². The van der Waals surface area contributed by atoms with E-state index in [0.717, 1.165) is 0 Å². The maximum Gasteiger partial charge on any atom is 0.335 e. The van der Waals surface area contributed by atoms with Crippen molar-refractivity contribution in [1.29, 1.82) is 0 Å². The second kappa shape index (κ2) is 4.70. The first kappa shape index (κ1) is 11.4. The minimum Gasteiger partial charge on any atom is -0.467 e. The fourth-order valence-electron chi connectivity index (χ4n) is 1.32. The molecule has 0 radical (unpaired) electrons. The van der Waals surface area contributed by atoms with Crippen molar-refractivity contribution in [2.75, 3.05) is 14.2 Å². The average Bonchev–Trinajstić information content (AvgIpc) is 2.20. The lowest BCUT2D eigenvalue weighted by atomic mass is 10.0. The van der Waals surface area contributed by atoms with Crippen LogP contribution in [-0.4, -0.2) is 55.0 Å². The van der Waals surface area contributed by atoms with Crippen LogP contribution in [0.25, 0.3) is 0 Å². The van der Waals surface area contributed by atoms with Gasteiger partial charge >= 0.3 is 5.97 Å². The summed E-state index contributed by atoms with van der Waals surface area (Å²) in [7, 11) is 2.55. The topological polar surface area (TPSA) is 85.2 Å². The highest BCUT2D eigenvalue weighted by molar-refractivity contribution is 5.74. The van der Waals surface area contributed by atoms with Crippen molar-refractivity contribution >= 4 is 5.97 Å². The Kier molecular flexibility index (Phi) is 3.82. The third-order valence-electron chi connectivity index (χ3n) is 2.12. The molecule has 0 spiro atoms. The highest BCUT2D eigenvalue weighted by Crippen LogP contribution is 2.21. The van der Waals surface area contributed by atoms with E-state index in [4.69, 9.17) is 9.47 Å². The number of esters is 1. The first-order valence-corrected chi connectivity index (χ1v) is 4.22. The lowest BCUT2D eigenvalue weighted by molar-refractivity contribution is -0.258. The van der Waals surface area contributed by atoms with Crippen LogP contribution < -0.4 is 0 Å². The minimum absolute atomic E-state index is 0.00764. The molecule has 1 saturated heterocycles. The summed E-state index contributed by atoms with van der Waals surface area (Å²) in [4.78, 5) is 11.1. The molecule has 6 heteroatoms. The van der Waals surface area contributed by atoms with Crippen LogP contribution in [0, 0.1) is 0 Å². The van der Waals surface area contributed by atoms with Crippen molar-refractivity contribution < 1.29 is 29.2 Å². The minimum atomic E-state index is -1.14. The van der Waals surface area contributed by atoms with E-state index in [0.29, 0.717) is 0 Å². The van der Waals surface area contributed by atoms with Crippen LogP contribution in [0.4, 0.5) is 0 Å². The summed E-state index contributed by atoms with van der Waals surface area (Å²) < 4.78 is 14.3. The molecule has 0 aromatic heterocycles. The normalized spacial score (nSPS) is 38.0. The van der Waals surface area contributed by atoms with E-state index < -0.39 is 30.6 Å². The van der Waals surface area contributed by atoms with Crippen molar-refractivity contribution in [2.45, 2.75) is 31.0 Å². The molecule has 0 aliphatic carbocycles. The quantitative estimate of drug-likeness (QED) is 0.543. The number of carbonyl (C=O) groups is 1. The summed E-state index contributed by atoms with van der Waals surface area (Å²) >= 11 is 0. The number of aliphatic hydroxyl groups is 2. The molecule has 1 aliphatic rings. The number of rotatable bonds is 2.